The third kappa shape index (κ3) is 5.29. The van der Waals surface area contributed by atoms with Crippen LogP contribution in [0.4, 0.5) is 0 Å². The summed E-state index contributed by atoms with van der Waals surface area (Å²) in [7, 11) is 0. The Labute approximate surface area is 208 Å². The fourth-order valence-electron chi connectivity index (χ4n) is 6.10. The first kappa shape index (κ1) is 24.0. The van der Waals surface area contributed by atoms with Gasteiger partial charge in [-0.3, -0.25) is 9.59 Å². The predicted molar refractivity (Wildman–Crippen MR) is 136 cm³/mol. The summed E-state index contributed by atoms with van der Waals surface area (Å²) in [5.41, 5.74) is 4.15. The topological polar surface area (TPSA) is 61.9 Å². The minimum absolute atomic E-state index is 0.00634. The van der Waals surface area contributed by atoms with Gasteiger partial charge in [0.25, 0.3) is 5.91 Å². The molecule has 1 N–H and O–H groups in total. The second-order valence-corrected chi connectivity index (χ2v) is 10.6. The Bertz CT molecular complexity index is 1020. The van der Waals surface area contributed by atoms with E-state index in [-0.39, 0.29) is 23.8 Å². The maximum Gasteiger partial charge on any atom is 0.254 e. The number of amides is 2. The van der Waals surface area contributed by atoms with Gasteiger partial charge in [-0.1, -0.05) is 48.5 Å². The monoisotopic (exact) mass is 475 g/mol. The molecule has 2 unspecified atom stereocenters. The van der Waals surface area contributed by atoms with E-state index in [1.807, 2.05) is 50.2 Å². The zero-order chi connectivity index (χ0) is 24.4. The molecule has 3 saturated heterocycles. The molecule has 0 aromatic heterocycles. The van der Waals surface area contributed by atoms with Crippen LogP contribution in [0.15, 0.2) is 48.5 Å². The highest BCUT2D eigenvalue weighted by atomic mass is 16.5. The Morgan fingerprint density at radius 1 is 0.971 bits per heavy atom. The minimum Gasteiger partial charge on any atom is -0.381 e. The molecule has 186 valence electrons. The lowest BCUT2D eigenvalue weighted by Gasteiger charge is -2.26. The molecular weight excluding hydrogens is 438 g/mol. The molecule has 35 heavy (non-hydrogen) atoms. The van der Waals surface area contributed by atoms with Gasteiger partial charge in [-0.15, -0.1) is 0 Å². The van der Waals surface area contributed by atoms with Gasteiger partial charge in [-0.05, 0) is 55.2 Å². The highest BCUT2D eigenvalue weighted by Crippen LogP contribution is 2.33. The molecule has 3 fully saturated rings. The molecule has 4 atom stereocenters. The standard InChI is InChI=1S/C29H37N3O3/c1-20-7-6-8-21(2)27(20)29(34)32-17-24-15-31(16-25(24)18-32)13-11-26(22-9-4-3-5-10-22)30-28(33)23-12-14-35-19-23/h3-10,23-26H,11-19H2,1-2H3,(H,30,33)/t23-,24?,25?,26+/m1/s1. The Hall–Kier alpha value is -2.70. The summed E-state index contributed by atoms with van der Waals surface area (Å²) < 4.78 is 5.42. The fraction of sp³-hybridized carbons (Fsp3) is 0.517. The van der Waals surface area contributed by atoms with E-state index in [9.17, 15) is 9.59 Å². The van der Waals surface area contributed by atoms with Crippen molar-refractivity contribution in [2.24, 2.45) is 17.8 Å². The predicted octanol–water partition coefficient (Wildman–Crippen LogP) is 3.59. The Morgan fingerprint density at radius 3 is 2.29 bits per heavy atom. The first-order chi connectivity index (χ1) is 17.0. The van der Waals surface area contributed by atoms with E-state index in [1.54, 1.807) is 0 Å². The van der Waals surface area contributed by atoms with Crippen molar-refractivity contribution in [2.45, 2.75) is 32.7 Å². The summed E-state index contributed by atoms with van der Waals surface area (Å²) in [5.74, 6) is 1.32. The van der Waals surface area contributed by atoms with Gasteiger partial charge < -0.3 is 19.9 Å². The van der Waals surface area contributed by atoms with Gasteiger partial charge in [-0.25, -0.2) is 0 Å². The third-order valence-corrected chi connectivity index (χ3v) is 8.10. The zero-order valence-electron chi connectivity index (χ0n) is 20.9. The summed E-state index contributed by atoms with van der Waals surface area (Å²) in [4.78, 5) is 30.6. The zero-order valence-corrected chi connectivity index (χ0v) is 20.9. The van der Waals surface area contributed by atoms with Crippen LogP contribution in [0.2, 0.25) is 0 Å². The quantitative estimate of drug-likeness (QED) is 0.665. The summed E-state index contributed by atoms with van der Waals surface area (Å²) in [5, 5.41) is 3.30. The first-order valence-electron chi connectivity index (χ1n) is 13.0. The number of carbonyl (C=O) groups excluding carboxylic acids is 2. The molecule has 6 heteroatoms. The van der Waals surface area contributed by atoms with Crippen molar-refractivity contribution < 1.29 is 14.3 Å². The number of benzene rings is 2. The number of nitrogens with one attached hydrogen (secondary N) is 1. The van der Waals surface area contributed by atoms with Gasteiger partial charge >= 0.3 is 0 Å². The second kappa shape index (κ2) is 10.5. The Morgan fingerprint density at radius 2 is 1.66 bits per heavy atom. The van der Waals surface area contributed by atoms with Crippen molar-refractivity contribution in [3.05, 3.63) is 70.8 Å². The molecule has 2 aromatic rings. The number of hydrogen-bond donors (Lipinski definition) is 1. The van der Waals surface area contributed by atoms with Crippen molar-refractivity contribution >= 4 is 11.8 Å². The lowest BCUT2D eigenvalue weighted by atomic mass is 10.0. The van der Waals surface area contributed by atoms with E-state index in [4.69, 9.17) is 4.74 Å². The van der Waals surface area contributed by atoms with Gasteiger partial charge in [0.1, 0.15) is 0 Å². The average Bonchev–Trinajstić information content (AvgIpc) is 3.59. The van der Waals surface area contributed by atoms with Gasteiger partial charge in [0, 0.05) is 44.9 Å². The first-order valence-corrected chi connectivity index (χ1v) is 13.0. The molecule has 3 aliphatic rings. The third-order valence-electron chi connectivity index (χ3n) is 8.10. The summed E-state index contributed by atoms with van der Waals surface area (Å²) in [6, 6.07) is 16.4. The number of fused-ring (bicyclic) bond motifs is 1. The van der Waals surface area contributed by atoms with Gasteiger partial charge in [0.05, 0.1) is 18.6 Å². The lowest BCUT2D eigenvalue weighted by molar-refractivity contribution is -0.125. The number of aryl methyl sites for hydroxylation is 2. The number of carbonyl (C=O) groups is 2. The summed E-state index contributed by atoms with van der Waals surface area (Å²) in [6.45, 7) is 9.93. The van der Waals surface area contributed by atoms with Crippen LogP contribution in [-0.4, -0.2) is 67.6 Å². The second-order valence-electron chi connectivity index (χ2n) is 10.6. The van der Waals surface area contributed by atoms with Crippen LogP contribution in [0.5, 0.6) is 0 Å². The maximum atomic E-state index is 13.2. The summed E-state index contributed by atoms with van der Waals surface area (Å²) in [6.07, 6.45) is 1.69. The molecule has 2 aromatic carbocycles. The van der Waals surface area contributed by atoms with Crippen LogP contribution in [0.25, 0.3) is 0 Å². The van der Waals surface area contributed by atoms with Gasteiger partial charge in [-0.2, -0.15) is 0 Å². The lowest BCUT2D eigenvalue weighted by Crippen LogP contribution is -2.37. The van der Waals surface area contributed by atoms with Crippen LogP contribution in [0.1, 0.15) is 45.9 Å². The number of ether oxygens (including phenoxy) is 1. The molecule has 0 aliphatic carbocycles. The average molecular weight is 476 g/mol. The van der Waals surface area contributed by atoms with Gasteiger partial charge in [0.2, 0.25) is 5.91 Å². The van der Waals surface area contributed by atoms with E-state index in [2.05, 4.69) is 27.2 Å². The molecule has 0 bridgehead atoms. The molecule has 0 saturated carbocycles. The minimum atomic E-state index is -0.0345. The smallest absolute Gasteiger partial charge is 0.254 e. The van der Waals surface area contributed by atoms with Crippen molar-refractivity contribution in [1.82, 2.24) is 15.1 Å². The van der Waals surface area contributed by atoms with E-state index < -0.39 is 0 Å². The van der Waals surface area contributed by atoms with E-state index in [0.29, 0.717) is 25.0 Å². The highest BCUT2D eigenvalue weighted by molar-refractivity contribution is 5.97. The van der Waals surface area contributed by atoms with Crippen LogP contribution in [0, 0.1) is 31.6 Å². The van der Waals surface area contributed by atoms with E-state index in [1.165, 1.54) is 0 Å². The van der Waals surface area contributed by atoms with Crippen LogP contribution >= 0.6 is 0 Å². The molecule has 0 radical (unpaired) electrons. The highest BCUT2D eigenvalue weighted by Gasteiger charge is 2.42. The molecule has 6 nitrogen and oxygen atoms in total. The Balaban J connectivity index is 1.17. The molecule has 2 amide bonds. The van der Waals surface area contributed by atoms with Crippen molar-refractivity contribution in [1.29, 1.82) is 0 Å². The summed E-state index contributed by atoms with van der Waals surface area (Å²) >= 11 is 0. The van der Waals surface area contributed by atoms with Crippen molar-refractivity contribution in [3.63, 3.8) is 0 Å². The van der Waals surface area contributed by atoms with Crippen LogP contribution in [-0.2, 0) is 9.53 Å². The van der Waals surface area contributed by atoms with Crippen molar-refractivity contribution in [2.75, 3.05) is 45.9 Å². The van der Waals surface area contributed by atoms with E-state index in [0.717, 1.165) is 67.8 Å². The Kier molecular flexibility index (Phi) is 7.21. The number of rotatable bonds is 7. The number of nitrogens with zero attached hydrogens (tertiary/aromatic N) is 2. The number of hydrogen-bond acceptors (Lipinski definition) is 4. The molecule has 0 spiro atoms. The van der Waals surface area contributed by atoms with E-state index >= 15 is 0 Å². The van der Waals surface area contributed by atoms with Crippen LogP contribution in [0.3, 0.4) is 0 Å². The molecule has 3 aliphatic heterocycles. The molecule has 3 heterocycles. The molecule has 5 rings (SSSR count). The maximum absolute atomic E-state index is 13.2. The largest absolute Gasteiger partial charge is 0.381 e. The normalized spacial score (nSPS) is 25.0. The SMILES string of the molecule is Cc1cccc(C)c1C(=O)N1CC2CN(CC[C@H](NC(=O)[C@@H]3CCOC3)c3ccccc3)CC2C1. The number of likely N-dealkylation sites (tertiary alicyclic amines) is 2. The van der Waals surface area contributed by atoms with Crippen molar-refractivity contribution in [3.8, 4) is 0 Å². The fourth-order valence-corrected chi connectivity index (χ4v) is 6.10. The van der Waals surface area contributed by atoms with Gasteiger partial charge in [0.15, 0.2) is 0 Å². The van der Waals surface area contributed by atoms with Crippen LogP contribution < -0.4 is 5.32 Å². The molecular formula is C29H37N3O3.